The topological polar surface area (TPSA) is 52.6 Å². The van der Waals surface area contributed by atoms with Gasteiger partial charge in [-0.3, -0.25) is 9.59 Å². The van der Waals surface area contributed by atoms with Gasteiger partial charge in [-0.1, -0.05) is 11.6 Å². The molecule has 1 aliphatic heterocycles. The molecule has 0 spiro atoms. The molecule has 1 heterocycles. The Balaban J connectivity index is 2.34. The summed E-state index contributed by atoms with van der Waals surface area (Å²) >= 11 is 5.86. The summed E-state index contributed by atoms with van der Waals surface area (Å²) in [5.41, 5.74) is 0.345. The Bertz CT molecular complexity index is 484. The van der Waals surface area contributed by atoms with Crippen molar-refractivity contribution in [2.45, 2.75) is 13.3 Å². The van der Waals surface area contributed by atoms with Crippen molar-refractivity contribution in [1.29, 1.82) is 0 Å². The molecule has 0 fully saturated rings. The molecule has 1 aromatic carbocycles. The lowest BCUT2D eigenvalue weighted by molar-refractivity contribution is -0.146. The van der Waals surface area contributed by atoms with Gasteiger partial charge in [0.15, 0.2) is 5.78 Å². The van der Waals surface area contributed by atoms with Crippen LogP contribution in [0.15, 0.2) is 18.2 Å². The Morgan fingerprint density at radius 3 is 3.06 bits per heavy atom. The number of hydrogen-bond donors (Lipinski definition) is 0. The van der Waals surface area contributed by atoms with Crippen LogP contribution >= 0.6 is 11.6 Å². The van der Waals surface area contributed by atoms with Gasteiger partial charge in [-0.05, 0) is 25.1 Å². The maximum atomic E-state index is 12.3. The fraction of sp³-hybridized carbons (Fsp3) is 0.385. The second-order valence-electron chi connectivity index (χ2n) is 3.95. The summed E-state index contributed by atoms with van der Waals surface area (Å²) in [6.07, 6.45) is 0.323. The highest BCUT2D eigenvalue weighted by atomic mass is 35.5. The molecule has 1 unspecified atom stereocenters. The second kappa shape index (κ2) is 5.40. The van der Waals surface area contributed by atoms with Crippen molar-refractivity contribution < 1.29 is 19.1 Å². The van der Waals surface area contributed by atoms with Crippen molar-refractivity contribution in [2.75, 3.05) is 13.2 Å². The SMILES string of the molecule is CCOC(=O)C1CCOc2ccc(Cl)cc2C1=O. The van der Waals surface area contributed by atoms with E-state index in [9.17, 15) is 9.59 Å². The molecule has 4 nitrogen and oxygen atoms in total. The summed E-state index contributed by atoms with van der Waals surface area (Å²) in [5.74, 6) is -1.12. The maximum Gasteiger partial charge on any atom is 0.316 e. The van der Waals surface area contributed by atoms with Crippen molar-refractivity contribution in [3.8, 4) is 5.75 Å². The Morgan fingerprint density at radius 2 is 2.33 bits per heavy atom. The zero-order valence-corrected chi connectivity index (χ0v) is 10.7. The van der Waals surface area contributed by atoms with E-state index in [0.29, 0.717) is 29.4 Å². The standard InChI is InChI=1S/C13H13ClO4/c1-2-17-13(16)9-5-6-18-11-4-3-8(14)7-10(11)12(9)15/h3-4,7,9H,2,5-6H2,1H3. The Morgan fingerprint density at radius 1 is 1.56 bits per heavy atom. The maximum absolute atomic E-state index is 12.3. The third-order valence-electron chi connectivity index (χ3n) is 2.76. The fourth-order valence-corrected chi connectivity index (χ4v) is 2.07. The van der Waals surface area contributed by atoms with Gasteiger partial charge in [0.25, 0.3) is 0 Å². The monoisotopic (exact) mass is 268 g/mol. The van der Waals surface area contributed by atoms with Crippen LogP contribution in [-0.4, -0.2) is 25.0 Å². The van der Waals surface area contributed by atoms with E-state index in [-0.39, 0.29) is 12.4 Å². The van der Waals surface area contributed by atoms with Gasteiger partial charge in [0.2, 0.25) is 0 Å². The van der Waals surface area contributed by atoms with Gasteiger partial charge in [0, 0.05) is 11.4 Å². The second-order valence-corrected chi connectivity index (χ2v) is 4.38. The van der Waals surface area contributed by atoms with Gasteiger partial charge in [0.05, 0.1) is 18.8 Å². The predicted octanol–water partition coefficient (Wildman–Crippen LogP) is 2.48. The van der Waals surface area contributed by atoms with E-state index in [1.165, 1.54) is 6.07 Å². The molecule has 0 saturated heterocycles. The minimum absolute atomic E-state index is 0.256. The summed E-state index contributed by atoms with van der Waals surface area (Å²) in [6, 6.07) is 4.82. The fourth-order valence-electron chi connectivity index (χ4n) is 1.89. The summed E-state index contributed by atoms with van der Waals surface area (Å²) < 4.78 is 10.3. The molecule has 1 atom stereocenters. The quantitative estimate of drug-likeness (QED) is 0.611. The third kappa shape index (κ3) is 2.48. The van der Waals surface area contributed by atoms with Crippen LogP contribution in [0.4, 0.5) is 0 Å². The Labute approximate surface area is 110 Å². The summed E-state index contributed by atoms with van der Waals surface area (Å²) in [7, 11) is 0. The van der Waals surface area contributed by atoms with Gasteiger partial charge in [-0.15, -0.1) is 0 Å². The minimum Gasteiger partial charge on any atom is -0.493 e. The van der Waals surface area contributed by atoms with E-state index in [0.717, 1.165) is 0 Å². The number of benzene rings is 1. The van der Waals surface area contributed by atoms with Gasteiger partial charge < -0.3 is 9.47 Å². The number of carbonyl (C=O) groups is 2. The smallest absolute Gasteiger partial charge is 0.316 e. The molecule has 0 radical (unpaired) electrons. The number of carbonyl (C=O) groups excluding carboxylic acids is 2. The van der Waals surface area contributed by atoms with E-state index in [4.69, 9.17) is 21.1 Å². The molecule has 0 bridgehead atoms. The lowest BCUT2D eigenvalue weighted by atomic mass is 9.95. The van der Waals surface area contributed by atoms with Gasteiger partial charge >= 0.3 is 5.97 Å². The molecule has 0 aliphatic carbocycles. The number of ketones is 1. The van der Waals surface area contributed by atoms with E-state index < -0.39 is 11.9 Å². The number of Topliss-reactive ketones (excluding diaryl/α,β-unsaturated/α-hetero) is 1. The number of esters is 1. The number of halogens is 1. The molecule has 96 valence electrons. The first-order valence-electron chi connectivity index (χ1n) is 5.76. The molecule has 0 saturated carbocycles. The van der Waals surface area contributed by atoms with E-state index in [2.05, 4.69) is 0 Å². The normalized spacial score (nSPS) is 18.6. The van der Waals surface area contributed by atoms with E-state index >= 15 is 0 Å². The van der Waals surface area contributed by atoms with Crippen molar-refractivity contribution in [1.82, 2.24) is 0 Å². The average Bonchev–Trinajstić information content (AvgIpc) is 2.50. The lowest BCUT2D eigenvalue weighted by Crippen LogP contribution is -2.26. The highest BCUT2D eigenvalue weighted by molar-refractivity contribution is 6.31. The first-order valence-corrected chi connectivity index (χ1v) is 6.14. The molecule has 1 aliphatic rings. The molecule has 18 heavy (non-hydrogen) atoms. The van der Waals surface area contributed by atoms with Gasteiger partial charge in [-0.2, -0.15) is 0 Å². The molecule has 5 heteroatoms. The predicted molar refractivity (Wildman–Crippen MR) is 66.0 cm³/mol. The lowest BCUT2D eigenvalue weighted by Gasteiger charge is -2.10. The van der Waals surface area contributed by atoms with Crippen molar-refractivity contribution in [3.63, 3.8) is 0 Å². The van der Waals surface area contributed by atoms with Crippen LogP contribution in [0.2, 0.25) is 5.02 Å². The zero-order valence-electron chi connectivity index (χ0n) is 9.94. The van der Waals surface area contributed by atoms with Gasteiger partial charge in [0.1, 0.15) is 11.7 Å². The van der Waals surface area contributed by atoms with Crippen LogP contribution in [0.3, 0.4) is 0 Å². The van der Waals surface area contributed by atoms with Crippen molar-refractivity contribution >= 4 is 23.4 Å². The largest absolute Gasteiger partial charge is 0.493 e. The molecule has 1 aromatic rings. The van der Waals surface area contributed by atoms with Crippen LogP contribution < -0.4 is 4.74 Å². The first kappa shape index (κ1) is 12.9. The van der Waals surface area contributed by atoms with Crippen LogP contribution in [0, 0.1) is 5.92 Å². The van der Waals surface area contributed by atoms with E-state index in [1.54, 1.807) is 19.1 Å². The van der Waals surface area contributed by atoms with E-state index in [1.807, 2.05) is 0 Å². The molecule has 0 aromatic heterocycles. The van der Waals surface area contributed by atoms with Crippen LogP contribution in [-0.2, 0) is 9.53 Å². The molecule has 0 N–H and O–H groups in total. The first-order chi connectivity index (χ1) is 8.63. The highest BCUT2D eigenvalue weighted by Crippen LogP contribution is 2.29. The summed E-state index contributed by atoms with van der Waals surface area (Å²) in [4.78, 5) is 24.0. The van der Waals surface area contributed by atoms with Crippen LogP contribution in [0.25, 0.3) is 0 Å². The highest BCUT2D eigenvalue weighted by Gasteiger charge is 2.33. The number of fused-ring (bicyclic) bond motifs is 1. The zero-order chi connectivity index (χ0) is 13.1. The Kier molecular flexibility index (Phi) is 3.87. The summed E-state index contributed by atoms with van der Waals surface area (Å²) in [6.45, 7) is 2.27. The van der Waals surface area contributed by atoms with Gasteiger partial charge in [-0.25, -0.2) is 0 Å². The minimum atomic E-state index is -0.801. The Hall–Kier alpha value is -1.55. The number of hydrogen-bond acceptors (Lipinski definition) is 4. The van der Waals surface area contributed by atoms with Crippen LogP contribution in [0.5, 0.6) is 5.75 Å². The molecular formula is C13H13ClO4. The molecular weight excluding hydrogens is 256 g/mol. The number of ether oxygens (including phenoxy) is 2. The average molecular weight is 269 g/mol. The molecule has 0 amide bonds. The third-order valence-corrected chi connectivity index (χ3v) is 2.99. The molecule has 2 rings (SSSR count). The van der Waals surface area contributed by atoms with Crippen molar-refractivity contribution in [3.05, 3.63) is 28.8 Å². The number of rotatable bonds is 2. The van der Waals surface area contributed by atoms with Crippen molar-refractivity contribution in [2.24, 2.45) is 5.92 Å². The summed E-state index contributed by atoms with van der Waals surface area (Å²) in [5, 5.41) is 0.440. The van der Waals surface area contributed by atoms with Crippen LogP contribution in [0.1, 0.15) is 23.7 Å².